The van der Waals surface area contributed by atoms with Gasteiger partial charge in [-0.1, -0.05) is 25.1 Å². The maximum Gasteiger partial charge on any atom is 0.249 e. The van der Waals surface area contributed by atoms with E-state index >= 15 is 0 Å². The van der Waals surface area contributed by atoms with Gasteiger partial charge in [0.15, 0.2) is 0 Å². The topological polar surface area (TPSA) is 52.7 Å². The number of nitrogens with zero attached hydrogens (tertiary/aromatic N) is 2. The third kappa shape index (κ3) is 3.30. The first-order chi connectivity index (χ1) is 10.6. The Morgan fingerprint density at radius 1 is 1.41 bits per heavy atom. The first-order valence-electron chi connectivity index (χ1n) is 7.91. The van der Waals surface area contributed by atoms with Crippen LogP contribution in [-0.4, -0.2) is 49.4 Å². The minimum Gasteiger partial charge on any atom is -0.331 e. The third-order valence-corrected chi connectivity index (χ3v) is 4.18. The lowest BCUT2D eigenvalue weighted by Crippen LogP contribution is -2.48. The van der Waals surface area contributed by atoms with Crippen LogP contribution in [0.15, 0.2) is 30.3 Å². The molecule has 1 fully saturated rings. The quantitative estimate of drug-likeness (QED) is 0.866. The Morgan fingerprint density at radius 2 is 2.09 bits per heavy atom. The number of hydrogen-bond donors (Lipinski definition) is 1. The van der Waals surface area contributed by atoms with Gasteiger partial charge in [0.1, 0.15) is 6.04 Å². The zero-order valence-corrected chi connectivity index (χ0v) is 13.6. The van der Waals surface area contributed by atoms with Crippen molar-refractivity contribution in [2.75, 3.05) is 31.6 Å². The molecule has 2 unspecified atom stereocenters. The standard InChI is InChI=1S/C17H25N3O2/c1-4-19(16(21)13(2)12-18-3)15-10-11-20(17(15)22)14-8-6-5-7-9-14/h5-9,13,15,18H,4,10-12H2,1-3H3. The molecule has 0 radical (unpaired) electrons. The molecule has 1 aromatic carbocycles. The Labute approximate surface area is 132 Å². The van der Waals surface area contributed by atoms with E-state index < -0.39 is 0 Å². The number of nitrogens with one attached hydrogen (secondary N) is 1. The highest BCUT2D eigenvalue weighted by Gasteiger charge is 2.38. The van der Waals surface area contributed by atoms with Crippen molar-refractivity contribution in [2.45, 2.75) is 26.3 Å². The Morgan fingerprint density at radius 3 is 2.68 bits per heavy atom. The predicted octanol–water partition coefficient (Wildman–Crippen LogP) is 1.50. The van der Waals surface area contributed by atoms with E-state index in [0.717, 1.165) is 5.69 Å². The Kier molecular flexibility index (Phi) is 5.55. The molecule has 0 bridgehead atoms. The van der Waals surface area contributed by atoms with Gasteiger partial charge in [0.25, 0.3) is 0 Å². The summed E-state index contributed by atoms with van der Waals surface area (Å²) in [5.41, 5.74) is 0.904. The van der Waals surface area contributed by atoms with Crippen LogP contribution < -0.4 is 10.2 Å². The summed E-state index contributed by atoms with van der Waals surface area (Å²) in [6.07, 6.45) is 0.694. The maximum absolute atomic E-state index is 12.7. The minimum atomic E-state index is -0.336. The molecule has 0 saturated carbocycles. The molecule has 1 aliphatic heterocycles. The molecule has 2 rings (SSSR count). The average molecular weight is 303 g/mol. The van der Waals surface area contributed by atoms with Gasteiger partial charge in [0.05, 0.1) is 0 Å². The number of benzene rings is 1. The minimum absolute atomic E-state index is 0.0260. The van der Waals surface area contributed by atoms with Crippen molar-refractivity contribution in [1.82, 2.24) is 10.2 Å². The zero-order valence-electron chi connectivity index (χ0n) is 13.6. The summed E-state index contributed by atoms with van der Waals surface area (Å²) in [6, 6.07) is 9.31. The lowest BCUT2D eigenvalue weighted by Gasteiger charge is -2.29. The first kappa shape index (κ1) is 16.5. The monoisotopic (exact) mass is 303 g/mol. The Bertz CT molecular complexity index is 518. The van der Waals surface area contributed by atoms with Crippen LogP contribution >= 0.6 is 0 Å². The van der Waals surface area contributed by atoms with Crippen LogP contribution in [0.5, 0.6) is 0 Å². The van der Waals surface area contributed by atoms with Gasteiger partial charge >= 0.3 is 0 Å². The molecule has 120 valence electrons. The summed E-state index contributed by atoms with van der Waals surface area (Å²) in [4.78, 5) is 28.8. The molecule has 0 spiro atoms. The van der Waals surface area contributed by atoms with Crippen molar-refractivity contribution in [3.8, 4) is 0 Å². The summed E-state index contributed by atoms with van der Waals surface area (Å²) < 4.78 is 0. The fraction of sp³-hybridized carbons (Fsp3) is 0.529. The summed E-state index contributed by atoms with van der Waals surface area (Å²) in [5, 5.41) is 3.02. The van der Waals surface area contributed by atoms with E-state index in [1.807, 2.05) is 51.2 Å². The highest BCUT2D eigenvalue weighted by atomic mass is 16.2. The van der Waals surface area contributed by atoms with Gasteiger partial charge in [0, 0.05) is 31.2 Å². The molecule has 2 atom stereocenters. The van der Waals surface area contributed by atoms with E-state index in [1.165, 1.54) is 0 Å². The van der Waals surface area contributed by atoms with Crippen molar-refractivity contribution < 1.29 is 9.59 Å². The number of para-hydroxylation sites is 1. The largest absolute Gasteiger partial charge is 0.331 e. The highest BCUT2D eigenvalue weighted by Crippen LogP contribution is 2.25. The summed E-state index contributed by atoms with van der Waals surface area (Å²) in [7, 11) is 1.83. The normalized spacial score (nSPS) is 19.3. The van der Waals surface area contributed by atoms with Gasteiger partial charge in [-0.3, -0.25) is 9.59 Å². The van der Waals surface area contributed by atoms with Gasteiger partial charge in [-0.05, 0) is 32.5 Å². The molecular formula is C17H25N3O2. The van der Waals surface area contributed by atoms with Crippen LogP contribution in [0.3, 0.4) is 0 Å². The Hall–Kier alpha value is -1.88. The molecule has 2 amide bonds. The molecule has 0 aromatic heterocycles. The number of rotatable bonds is 6. The molecule has 0 aliphatic carbocycles. The van der Waals surface area contributed by atoms with Crippen LogP contribution in [-0.2, 0) is 9.59 Å². The van der Waals surface area contributed by atoms with Crippen LogP contribution in [0.25, 0.3) is 0 Å². The van der Waals surface area contributed by atoms with Crippen molar-refractivity contribution in [1.29, 1.82) is 0 Å². The molecular weight excluding hydrogens is 278 g/mol. The predicted molar refractivity (Wildman–Crippen MR) is 87.7 cm³/mol. The van der Waals surface area contributed by atoms with E-state index in [2.05, 4.69) is 5.32 Å². The number of carbonyl (C=O) groups excluding carboxylic acids is 2. The molecule has 5 heteroatoms. The number of carbonyl (C=O) groups is 2. The van der Waals surface area contributed by atoms with Crippen molar-refractivity contribution in [3.63, 3.8) is 0 Å². The fourth-order valence-electron chi connectivity index (χ4n) is 3.02. The lowest BCUT2D eigenvalue weighted by molar-refractivity contribution is -0.141. The van der Waals surface area contributed by atoms with E-state index in [-0.39, 0.29) is 23.8 Å². The molecule has 1 heterocycles. The zero-order chi connectivity index (χ0) is 16.1. The summed E-state index contributed by atoms with van der Waals surface area (Å²) in [5.74, 6) is -0.0494. The van der Waals surface area contributed by atoms with E-state index in [1.54, 1.807) is 9.80 Å². The van der Waals surface area contributed by atoms with Crippen molar-refractivity contribution >= 4 is 17.5 Å². The molecule has 5 nitrogen and oxygen atoms in total. The number of anilines is 1. The van der Waals surface area contributed by atoms with Crippen LogP contribution in [0.1, 0.15) is 20.3 Å². The van der Waals surface area contributed by atoms with E-state index in [4.69, 9.17) is 0 Å². The van der Waals surface area contributed by atoms with Crippen molar-refractivity contribution in [3.05, 3.63) is 30.3 Å². The lowest BCUT2D eigenvalue weighted by atomic mass is 10.1. The van der Waals surface area contributed by atoms with Crippen LogP contribution in [0, 0.1) is 5.92 Å². The molecule has 1 N–H and O–H groups in total. The van der Waals surface area contributed by atoms with Gasteiger partial charge in [0.2, 0.25) is 11.8 Å². The Balaban J connectivity index is 2.12. The van der Waals surface area contributed by atoms with E-state index in [0.29, 0.717) is 26.1 Å². The first-order valence-corrected chi connectivity index (χ1v) is 7.91. The second-order valence-corrected chi connectivity index (χ2v) is 5.71. The van der Waals surface area contributed by atoms with E-state index in [9.17, 15) is 9.59 Å². The molecule has 22 heavy (non-hydrogen) atoms. The van der Waals surface area contributed by atoms with Crippen molar-refractivity contribution in [2.24, 2.45) is 5.92 Å². The highest BCUT2D eigenvalue weighted by molar-refractivity contribution is 6.01. The van der Waals surface area contributed by atoms with Crippen LogP contribution in [0.2, 0.25) is 0 Å². The summed E-state index contributed by atoms with van der Waals surface area (Å²) in [6.45, 7) is 5.68. The fourth-order valence-corrected chi connectivity index (χ4v) is 3.02. The SMILES string of the molecule is CCN(C(=O)C(C)CNC)C1CCN(c2ccccc2)C1=O. The van der Waals surface area contributed by atoms with Gasteiger partial charge in [-0.2, -0.15) is 0 Å². The summed E-state index contributed by atoms with van der Waals surface area (Å²) >= 11 is 0. The maximum atomic E-state index is 12.7. The number of hydrogen-bond acceptors (Lipinski definition) is 3. The van der Waals surface area contributed by atoms with Gasteiger partial charge in [-0.15, -0.1) is 0 Å². The third-order valence-electron chi connectivity index (χ3n) is 4.18. The number of amides is 2. The number of likely N-dealkylation sites (N-methyl/N-ethyl adjacent to an activating group) is 1. The average Bonchev–Trinajstić information content (AvgIpc) is 2.91. The van der Waals surface area contributed by atoms with Crippen LogP contribution in [0.4, 0.5) is 5.69 Å². The smallest absolute Gasteiger partial charge is 0.249 e. The second-order valence-electron chi connectivity index (χ2n) is 5.71. The molecule has 1 saturated heterocycles. The second kappa shape index (κ2) is 7.40. The van der Waals surface area contributed by atoms with Gasteiger partial charge in [-0.25, -0.2) is 0 Å². The van der Waals surface area contributed by atoms with Gasteiger partial charge < -0.3 is 15.1 Å². The molecule has 1 aromatic rings. The molecule has 1 aliphatic rings.